The first-order chi connectivity index (χ1) is 12.4. The average molecular weight is 378 g/mol. The number of benzene rings is 1. The molecule has 26 heavy (non-hydrogen) atoms. The lowest BCUT2D eigenvalue weighted by Crippen LogP contribution is -2.39. The lowest BCUT2D eigenvalue weighted by atomic mass is 10.0. The molecule has 2 rings (SSSR count). The fourth-order valence-electron chi connectivity index (χ4n) is 2.52. The molecule has 2 aromatic rings. The van der Waals surface area contributed by atoms with E-state index in [1.54, 1.807) is 17.8 Å². The molecular weight excluding hydrogens is 350 g/mol. The zero-order valence-corrected chi connectivity index (χ0v) is 16.4. The van der Waals surface area contributed by atoms with Crippen LogP contribution in [0.3, 0.4) is 0 Å². The van der Waals surface area contributed by atoms with Crippen molar-refractivity contribution < 1.29 is 5.11 Å². The summed E-state index contributed by atoms with van der Waals surface area (Å²) in [6.45, 7) is 5.58. The van der Waals surface area contributed by atoms with Crippen LogP contribution in [0.2, 0.25) is 5.02 Å². The van der Waals surface area contributed by atoms with E-state index < -0.39 is 5.60 Å². The molecule has 0 radical (unpaired) electrons. The van der Waals surface area contributed by atoms with Crippen molar-refractivity contribution in [2.75, 3.05) is 19.6 Å². The second kappa shape index (κ2) is 9.59. The molecule has 1 aromatic carbocycles. The Morgan fingerprint density at radius 2 is 2.04 bits per heavy atom. The van der Waals surface area contributed by atoms with Crippen LogP contribution >= 0.6 is 11.6 Å². The van der Waals surface area contributed by atoms with E-state index >= 15 is 0 Å². The molecule has 0 spiro atoms. The van der Waals surface area contributed by atoms with Gasteiger partial charge in [0.15, 0.2) is 5.96 Å². The number of hydrogen-bond acceptors (Lipinski definition) is 3. The number of guanidine groups is 1. The maximum Gasteiger partial charge on any atom is 0.191 e. The van der Waals surface area contributed by atoms with Crippen LogP contribution in [0, 0.1) is 0 Å². The molecule has 0 aliphatic heterocycles. The maximum atomic E-state index is 10.6. The van der Waals surface area contributed by atoms with E-state index in [2.05, 4.69) is 20.7 Å². The molecule has 1 atom stereocenters. The second-order valence-corrected chi connectivity index (χ2v) is 6.96. The Bertz CT molecular complexity index is 709. The van der Waals surface area contributed by atoms with Crippen molar-refractivity contribution in [1.29, 1.82) is 0 Å². The number of aromatic nitrogens is 2. The van der Waals surface area contributed by atoms with Gasteiger partial charge in [0.05, 0.1) is 12.7 Å². The lowest BCUT2D eigenvalue weighted by molar-refractivity contribution is 0.0672. The van der Waals surface area contributed by atoms with Gasteiger partial charge in [0.2, 0.25) is 0 Å². The molecule has 0 bridgehead atoms. The summed E-state index contributed by atoms with van der Waals surface area (Å²) in [5.41, 5.74) is 0.958. The highest BCUT2D eigenvalue weighted by molar-refractivity contribution is 6.30. The van der Waals surface area contributed by atoms with Crippen LogP contribution in [0.5, 0.6) is 0 Å². The summed E-state index contributed by atoms with van der Waals surface area (Å²) in [4.78, 5) is 4.52. The van der Waals surface area contributed by atoms with Gasteiger partial charge in [0, 0.05) is 36.9 Å². The fraction of sp³-hybridized carbons (Fsp3) is 0.474. The zero-order chi connectivity index (χ0) is 19.0. The number of aliphatic hydroxyl groups is 1. The smallest absolute Gasteiger partial charge is 0.191 e. The van der Waals surface area contributed by atoms with Crippen molar-refractivity contribution in [1.82, 2.24) is 20.4 Å². The summed E-state index contributed by atoms with van der Waals surface area (Å²) in [5, 5.41) is 22.0. The lowest BCUT2D eigenvalue weighted by Gasteiger charge is -2.20. The largest absolute Gasteiger partial charge is 0.383 e. The Hall–Kier alpha value is -2.05. The van der Waals surface area contributed by atoms with Gasteiger partial charge in [-0.2, -0.15) is 5.10 Å². The number of nitrogens with one attached hydrogen (secondary N) is 2. The summed E-state index contributed by atoms with van der Waals surface area (Å²) in [6, 6.07) is 7.92. The van der Waals surface area contributed by atoms with Gasteiger partial charge in [-0.05, 0) is 44.4 Å². The topological polar surface area (TPSA) is 74.5 Å². The van der Waals surface area contributed by atoms with Crippen LogP contribution in [0.1, 0.15) is 31.4 Å². The van der Waals surface area contributed by atoms with E-state index in [1.165, 1.54) is 5.56 Å². The molecule has 0 aliphatic carbocycles. The van der Waals surface area contributed by atoms with E-state index in [9.17, 15) is 5.11 Å². The first-order valence-electron chi connectivity index (χ1n) is 8.89. The minimum atomic E-state index is -1.06. The van der Waals surface area contributed by atoms with Crippen molar-refractivity contribution in [3.8, 4) is 0 Å². The van der Waals surface area contributed by atoms with Gasteiger partial charge >= 0.3 is 0 Å². The van der Waals surface area contributed by atoms with E-state index in [0.29, 0.717) is 5.96 Å². The zero-order valence-electron chi connectivity index (χ0n) is 15.7. The fourth-order valence-corrected chi connectivity index (χ4v) is 2.64. The van der Waals surface area contributed by atoms with Gasteiger partial charge in [-0.1, -0.05) is 23.7 Å². The molecule has 7 heteroatoms. The molecule has 142 valence electrons. The van der Waals surface area contributed by atoms with Gasteiger partial charge in [-0.25, -0.2) is 4.99 Å². The Labute approximate surface area is 160 Å². The Morgan fingerprint density at radius 1 is 1.31 bits per heavy atom. The molecule has 0 fully saturated rings. The van der Waals surface area contributed by atoms with Crippen LogP contribution in [-0.2, 0) is 19.1 Å². The first-order valence-corrected chi connectivity index (χ1v) is 9.26. The standard InChI is InChI=1S/C19H28ClN5O/c1-4-21-18(22-11-5-6-15-7-9-17(20)10-8-15)23-14-19(2,26)16-12-24-25(3)13-16/h7-10,12-13,26H,4-6,11,14H2,1-3H3,(H2,21,22,23). The summed E-state index contributed by atoms with van der Waals surface area (Å²) in [6.07, 6.45) is 5.42. The SMILES string of the molecule is CCNC(=NCC(C)(O)c1cnn(C)c1)NCCCc1ccc(Cl)cc1. The average Bonchev–Trinajstić information content (AvgIpc) is 3.05. The highest BCUT2D eigenvalue weighted by Crippen LogP contribution is 2.19. The third kappa shape index (κ3) is 6.35. The molecular formula is C19H28ClN5O. The van der Waals surface area contributed by atoms with Crippen molar-refractivity contribution in [3.05, 3.63) is 52.8 Å². The molecule has 3 N–H and O–H groups in total. The van der Waals surface area contributed by atoms with Crippen LogP contribution in [0.25, 0.3) is 0 Å². The van der Waals surface area contributed by atoms with E-state index in [4.69, 9.17) is 11.6 Å². The molecule has 0 saturated carbocycles. The molecule has 6 nitrogen and oxygen atoms in total. The molecule has 1 aromatic heterocycles. The summed E-state index contributed by atoms with van der Waals surface area (Å²) in [7, 11) is 1.83. The number of hydrogen-bond donors (Lipinski definition) is 3. The predicted molar refractivity (Wildman–Crippen MR) is 107 cm³/mol. The van der Waals surface area contributed by atoms with Gasteiger partial charge in [0.1, 0.15) is 5.60 Å². The second-order valence-electron chi connectivity index (χ2n) is 6.53. The quantitative estimate of drug-likeness (QED) is 0.375. The summed E-state index contributed by atoms with van der Waals surface area (Å²) in [5.74, 6) is 0.702. The predicted octanol–water partition coefficient (Wildman–Crippen LogP) is 2.47. The molecule has 1 heterocycles. The molecule has 0 aliphatic rings. The van der Waals surface area contributed by atoms with E-state index in [0.717, 1.165) is 36.5 Å². The van der Waals surface area contributed by atoms with Gasteiger partial charge in [-0.3, -0.25) is 4.68 Å². The minimum absolute atomic E-state index is 0.255. The van der Waals surface area contributed by atoms with Gasteiger partial charge < -0.3 is 15.7 Å². The van der Waals surface area contributed by atoms with Crippen molar-refractivity contribution in [2.45, 2.75) is 32.3 Å². The van der Waals surface area contributed by atoms with E-state index in [-0.39, 0.29) is 6.54 Å². The third-order valence-corrected chi connectivity index (χ3v) is 4.32. The number of aliphatic imine (C=N–C) groups is 1. The van der Waals surface area contributed by atoms with Crippen molar-refractivity contribution >= 4 is 17.6 Å². The van der Waals surface area contributed by atoms with Crippen molar-refractivity contribution in [2.24, 2.45) is 12.0 Å². The highest BCUT2D eigenvalue weighted by Gasteiger charge is 2.24. The molecule has 0 saturated heterocycles. The van der Waals surface area contributed by atoms with Gasteiger partial charge in [0.25, 0.3) is 0 Å². The highest BCUT2D eigenvalue weighted by atomic mass is 35.5. The number of rotatable bonds is 8. The Morgan fingerprint density at radius 3 is 2.65 bits per heavy atom. The summed E-state index contributed by atoms with van der Waals surface area (Å²) >= 11 is 5.90. The summed E-state index contributed by atoms with van der Waals surface area (Å²) < 4.78 is 1.67. The number of nitrogens with zero attached hydrogens (tertiary/aromatic N) is 3. The van der Waals surface area contributed by atoms with Crippen LogP contribution in [0.4, 0.5) is 0 Å². The Kier molecular flexibility index (Phi) is 7.48. The maximum absolute atomic E-state index is 10.6. The van der Waals surface area contributed by atoms with Crippen molar-refractivity contribution in [3.63, 3.8) is 0 Å². The van der Waals surface area contributed by atoms with Crippen LogP contribution in [0.15, 0.2) is 41.7 Å². The third-order valence-electron chi connectivity index (χ3n) is 4.06. The number of aryl methyl sites for hydroxylation is 2. The molecule has 0 amide bonds. The van der Waals surface area contributed by atoms with Crippen LogP contribution in [-0.4, -0.2) is 40.5 Å². The van der Waals surface area contributed by atoms with E-state index in [1.807, 2.05) is 44.4 Å². The Balaban J connectivity index is 1.84. The van der Waals surface area contributed by atoms with Crippen LogP contribution < -0.4 is 10.6 Å². The monoisotopic (exact) mass is 377 g/mol. The molecule has 1 unspecified atom stereocenters. The number of halogens is 1. The first kappa shape index (κ1) is 20.3. The normalized spacial score (nSPS) is 14.1. The minimum Gasteiger partial charge on any atom is -0.383 e. The van der Waals surface area contributed by atoms with Gasteiger partial charge in [-0.15, -0.1) is 0 Å².